The Hall–Kier alpha value is -1.13. The van der Waals surface area contributed by atoms with E-state index >= 15 is 0 Å². The molecule has 0 amide bonds. The van der Waals surface area contributed by atoms with E-state index in [4.69, 9.17) is 10.5 Å². The van der Waals surface area contributed by atoms with Crippen molar-refractivity contribution in [2.45, 2.75) is 18.9 Å². The Balaban J connectivity index is 1.87. The Bertz CT molecular complexity index is 353. The topological polar surface area (TPSA) is 38.5 Å². The summed E-state index contributed by atoms with van der Waals surface area (Å²) in [4.78, 5) is 2.35. The van der Waals surface area contributed by atoms with E-state index in [9.17, 15) is 4.39 Å². The van der Waals surface area contributed by atoms with Crippen LogP contribution in [0.3, 0.4) is 0 Å². The highest BCUT2D eigenvalue weighted by Gasteiger charge is 2.21. The summed E-state index contributed by atoms with van der Waals surface area (Å²) in [6, 6.07) is 6.46. The predicted molar refractivity (Wildman–Crippen MR) is 65.5 cm³/mol. The van der Waals surface area contributed by atoms with Gasteiger partial charge in [-0.3, -0.25) is 4.90 Å². The number of likely N-dealkylation sites (tertiary alicyclic amines) is 1. The van der Waals surface area contributed by atoms with Crippen LogP contribution in [-0.2, 0) is 0 Å². The Kier molecular flexibility index (Phi) is 4.34. The maximum absolute atomic E-state index is 13.0. The molecule has 94 valence electrons. The standard InChI is InChI=1S/C13H19FN2O/c14-11-4-3-5-13(8-11)17-10-12(9-15)16-6-1-2-7-16/h3-5,8,12H,1-2,6-7,9-10,15H2. The number of nitrogens with two attached hydrogens (primary N) is 1. The van der Waals surface area contributed by atoms with Crippen LogP contribution in [-0.4, -0.2) is 37.2 Å². The van der Waals surface area contributed by atoms with E-state index < -0.39 is 0 Å². The molecule has 1 unspecified atom stereocenters. The second kappa shape index (κ2) is 5.98. The van der Waals surface area contributed by atoms with E-state index in [1.807, 2.05) is 0 Å². The number of hydrogen-bond donors (Lipinski definition) is 1. The molecule has 0 aromatic heterocycles. The lowest BCUT2D eigenvalue weighted by Crippen LogP contribution is -2.42. The van der Waals surface area contributed by atoms with Gasteiger partial charge in [0.25, 0.3) is 0 Å². The summed E-state index contributed by atoms with van der Waals surface area (Å²) in [5.74, 6) is 0.301. The molecule has 17 heavy (non-hydrogen) atoms. The third-order valence-corrected chi connectivity index (χ3v) is 3.17. The molecule has 1 aliphatic heterocycles. The zero-order valence-corrected chi connectivity index (χ0v) is 9.94. The molecule has 3 nitrogen and oxygen atoms in total. The Morgan fingerprint density at radius 2 is 2.12 bits per heavy atom. The summed E-state index contributed by atoms with van der Waals surface area (Å²) < 4.78 is 18.5. The van der Waals surface area contributed by atoms with Crippen LogP contribution in [0.1, 0.15) is 12.8 Å². The van der Waals surface area contributed by atoms with Gasteiger partial charge in [0.05, 0.1) is 6.04 Å². The van der Waals surface area contributed by atoms with E-state index in [2.05, 4.69) is 4.90 Å². The smallest absolute Gasteiger partial charge is 0.126 e. The van der Waals surface area contributed by atoms with E-state index in [-0.39, 0.29) is 11.9 Å². The van der Waals surface area contributed by atoms with E-state index in [0.717, 1.165) is 13.1 Å². The molecule has 4 heteroatoms. The molecule has 1 aromatic carbocycles. The summed E-state index contributed by atoms with van der Waals surface area (Å²) in [6.45, 7) is 3.29. The second-order valence-corrected chi connectivity index (χ2v) is 4.40. The fourth-order valence-corrected chi connectivity index (χ4v) is 2.18. The van der Waals surface area contributed by atoms with Gasteiger partial charge in [0.2, 0.25) is 0 Å². The van der Waals surface area contributed by atoms with Gasteiger partial charge in [-0.05, 0) is 38.1 Å². The molecule has 2 N–H and O–H groups in total. The Labute approximate surface area is 101 Å². The van der Waals surface area contributed by atoms with Crippen LogP contribution in [0.5, 0.6) is 5.75 Å². The molecule has 0 aliphatic carbocycles. The van der Waals surface area contributed by atoms with Crippen molar-refractivity contribution in [1.29, 1.82) is 0 Å². The first-order chi connectivity index (χ1) is 8.29. The molecule has 1 heterocycles. The maximum Gasteiger partial charge on any atom is 0.126 e. The van der Waals surface area contributed by atoms with Gasteiger partial charge in [0.15, 0.2) is 0 Å². The van der Waals surface area contributed by atoms with Crippen LogP contribution < -0.4 is 10.5 Å². The number of benzene rings is 1. The lowest BCUT2D eigenvalue weighted by atomic mass is 10.2. The largest absolute Gasteiger partial charge is 0.492 e. The molecule has 1 aromatic rings. The zero-order chi connectivity index (χ0) is 12.1. The summed E-state index contributed by atoms with van der Waals surface area (Å²) in [7, 11) is 0. The van der Waals surface area contributed by atoms with Gasteiger partial charge in [-0.25, -0.2) is 4.39 Å². The fourth-order valence-electron chi connectivity index (χ4n) is 2.18. The van der Waals surface area contributed by atoms with Gasteiger partial charge >= 0.3 is 0 Å². The molecular formula is C13H19FN2O. The van der Waals surface area contributed by atoms with Gasteiger partial charge in [-0.15, -0.1) is 0 Å². The van der Waals surface area contributed by atoms with Crippen molar-refractivity contribution < 1.29 is 9.13 Å². The normalized spacial score (nSPS) is 18.2. The molecule has 0 radical (unpaired) electrons. The second-order valence-electron chi connectivity index (χ2n) is 4.40. The van der Waals surface area contributed by atoms with Crippen LogP contribution in [0.25, 0.3) is 0 Å². The molecule has 2 rings (SSSR count). The molecule has 0 spiro atoms. The van der Waals surface area contributed by atoms with Crippen molar-refractivity contribution in [2.24, 2.45) is 5.73 Å². The number of rotatable bonds is 5. The SMILES string of the molecule is NCC(COc1cccc(F)c1)N1CCCC1. The number of hydrogen-bond acceptors (Lipinski definition) is 3. The first-order valence-electron chi connectivity index (χ1n) is 6.12. The minimum Gasteiger partial charge on any atom is -0.492 e. The van der Waals surface area contributed by atoms with Gasteiger partial charge in [-0.2, -0.15) is 0 Å². The van der Waals surface area contributed by atoms with Gasteiger partial charge in [-0.1, -0.05) is 6.07 Å². The highest BCUT2D eigenvalue weighted by molar-refractivity contribution is 5.22. The highest BCUT2D eigenvalue weighted by Crippen LogP contribution is 2.15. The lowest BCUT2D eigenvalue weighted by molar-refractivity contribution is 0.164. The van der Waals surface area contributed by atoms with Crippen LogP contribution in [0.4, 0.5) is 4.39 Å². The molecule has 1 saturated heterocycles. The average molecular weight is 238 g/mol. The van der Waals surface area contributed by atoms with Gasteiger partial charge in [0, 0.05) is 12.6 Å². The summed E-state index contributed by atoms with van der Waals surface area (Å²) >= 11 is 0. The summed E-state index contributed by atoms with van der Waals surface area (Å²) in [5.41, 5.74) is 5.75. The lowest BCUT2D eigenvalue weighted by Gasteiger charge is -2.26. The van der Waals surface area contributed by atoms with Crippen molar-refractivity contribution in [1.82, 2.24) is 4.90 Å². The fraction of sp³-hybridized carbons (Fsp3) is 0.538. The minimum absolute atomic E-state index is 0.237. The third kappa shape index (κ3) is 3.41. The monoisotopic (exact) mass is 238 g/mol. The average Bonchev–Trinajstić information content (AvgIpc) is 2.84. The van der Waals surface area contributed by atoms with Crippen molar-refractivity contribution >= 4 is 0 Å². The van der Waals surface area contributed by atoms with Gasteiger partial charge < -0.3 is 10.5 Å². The molecule has 0 bridgehead atoms. The van der Waals surface area contributed by atoms with Crippen LogP contribution in [0, 0.1) is 5.82 Å². The van der Waals surface area contributed by atoms with Crippen LogP contribution >= 0.6 is 0 Å². The zero-order valence-electron chi connectivity index (χ0n) is 9.94. The van der Waals surface area contributed by atoms with Crippen molar-refractivity contribution in [3.63, 3.8) is 0 Å². The number of ether oxygens (including phenoxy) is 1. The van der Waals surface area contributed by atoms with Crippen molar-refractivity contribution in [3.8, 4) is 5.75 Å². The highest BCUT2D eigenvalue weighted by atomic mass is 19.1. The third-order valence-electron chi connectivity index (χ3n) is 3.17. The molecule has 1 atom stereocenters. The van der Waals surface area contributed by atoms with E-state index in [1.54, 1.807) is 12.1 Å². The molecule has 0 saturated carbocycles. The van der Waals surface area contributed by atoms with Crippen LogP contribution in [0.2, 0.25) is 0 Å². The van der Waals surface area contributed by atoms with Crippen LogP contribution in [0.15, 0.2) is 24.3 Å². The van der Waals surface area contributed by atoms with Crippen molar-refractivity contribution in [2.75, 3.05) is 26.2 Å². The summed E-state index contributed by atoms with van der Waals surface area (Å²) in [6.07, 6.45) is 2.47. The number of nitrogens with zero attached hydrogens (tertiary/aromatic N) is 1. The number of halogens is 1. The van der Waals surface area contributed by atoms with E-state index in [0.29, 0.717) is 18.9 Å². The Morgan fingerprint density at radius 3 is 2.76 bits per heavy atom. The first-order valence-corrected chi connectivity index (χ1v) is 6.12. The predicted octanol–water partition coefficient (Wildman–Crippen LogP) is 1.63. The van der Waals surface area contributed by atoms with E-state index in [1.165, 1.54) is 25.0 Å². The van der Waals surface area contributed by atoms with Gasteiger partial charge in [0.1, 0.15) is 18.2 Å². The summed E-state index contributed by atoms with van der Waals surface area (Å²) in [5, 5.41) is 0. The first kappa shape index (κ1) is 12.3. The Morgan fingerprint density at radius 1 is 1.35 bits per heavy atom. The maximum atomic E-state index is 13.0. The minimum atomic E-state index is -0.270. The molecule has 1 fully saturated rings. The molecule has 1 aliphatic rings. The molecular weight excluding hydrogens is 219 g/mol. The van der Waals surface area contributed by atoms with Crippen molar-refractivity contribution in [3.05, 3.63) is 30.1 Å². The quantitative estimate of drug-likeness (QED) is 0.847.